The monoisotopic (exact) mass is 436 g/mol. The SMILES string of the molecule is Cc1cncc2c(-c3ccc(F)cc3C(=O)N3[C@H](C)COC[C@H]3C)cc(CC3CNC3)n12. The third-order valence-electron chi connectivity index (χ3n) is 6.69. The Bertz CT molecular complexity index is 1160. The van der Waals surface area contributed by atoms with E-state index in [9.17, 15) is 9.18 Å². The maximum absolute atomic E-state index is 14.4. The minimum absolute atomic E-state index is 0.0706. The Kier molecular flexibility index (Phi) is 5.47. The number of aromatic nitrogens is 2. The van der Waals surface area contributed by atoms with E-state index in [1.165, 1.54) is 17.8 Å². The maximum atomic E-state index is 14.4. The number of hydrogen-bond donors (Lipinski definition) is 1. The van der Waals surface area contributed by atoms with Crippen molar-refractivity contribution < 1.29 is 13.9 Å². The highest BCUT2D eigenvalue weighted by Crippen LogP contribution is 2.34. The van der Waals surface area contributed by atoms with E-state index in [0.29, 0.717) is 24.7 Å². The molecule has 1 amide bonds. The van der Waals surface area contributed by atoms with Crippen molar-refractivity contribution in [3.05, 3.63) is 59.4 Å². The van der Waals surface area contributed by atoms with E-state index in [1.54, 1.807) is 6.07 Å². The van der Waals surface area contributed by atoms with Crippen LogP contribution in [0.1, 0.15) is 35.6 Å². The second-order valence-electron chi connectivity index (χ2n) is 9.18. The van der Waals surface area contributed by atoms with Gasteiger partial charge in [0.2, 0.25) is 0 Å². The van der Waals surface area contributed by atoms with Crippen LogP contribution in [0, 0.1) is 18.7 Å². The van der Waals surface area contributed by atoms with Gasteiger partial charge in [0.1, 0.15) is 5.82 Å². The van der Waals surface area contributed by atoms with Crippen molar-refractivity contribution in [3.63, 3.8) is 0 Å². The number of nitrogens with one attached hydrogen (secondary N) is 1. The number of rotatable bonds is 4. The number of amides is 1. The summed E-state index contributed by atoms with van der Waals surface area (Å²) in [5, 5.41) is 3.33. The van der Waals surface area contributed by atoms with E-state index in [4.69, 9.17) is 4.74 Å². The maximum Gasteiger partial charge on any atom is 0.255 e. The molecule has 6 nitrogen and oxygen atoms in total. The van der Waals surface area contributed by atoms with Gasteiger partial charge in [-0.2, -0.15) is 0 Å². The molecular weight excluding hydrogens is 407 g/mol. The van der Waals surface area contributed by atoms with Crippen LogP contribution in [0.4, 0.5) is 4.39 Å². The molecule has 0 spiro atoms. The van der Waals surface area contributed by atoms with Gasteiger partial charge in [-0.05, 0) is 70.0 Å². The van der Waals surface area contributed by atoms with Crippen LogP contribution in [0.5, 0.6) is 0 Å². The number of fused-ring (bicyclic) bond motifs is 1. The van der Waals surface area contributed by atoms with Gasteiger partial charge in [0.25, 0.3) is 5.91 Å². The highest BCUT2D eigenvalue weighted by molar-refractivity contribution is 6.03. The Labute approximate surface area is 187 Å². The largest absolute Gasteiger partial charge is 0.377 e. The molecule has 1 N–H and O–H groups in total. The number of carbonyl (C=O) groups excluding carboxylic acids is 1. The summed E-state index contributed by atoms with van der Waals surface area (Å²) < 4.78 is 22.2. The van der Waals surface area contributed by atoms with Crippen LogP contribution in [-0.2, 0) is 11.2 Å². The molecule has 1 aromatic carbocycles. The predicted octanol–water partition coefficient (Wildman–Crippen LogP) is 3.46. The van der Waals surface area contributed by atoms with E-state index in [0.717, 1.165) is 41.8 Å². The summed E-state index contributed by atoms with van der Waals surface area (Å²) >= 11 is 0. The molecule has 0 unspecified atom stereocenters. The average molecular weight is 437 g/mol. The summed E-state index contributed by atoms with van der Waals surface area (Å²) in [6, 6.07) is 6.54. The van der Waals surface area contributed by atoms with Crippen molar-refractivity contribution in [1.29, 1.82) is 0 Å². The smallest absolute Gasteiger partial charge is 0.255 e. The van der Waals surface area contributed by atoms with E-state index >= 15 is 0 Å². The summed E-state index contributed by atoms with van der Waals surface area (Å²) in [6.07, 6.45) is 4.64. The lowest BCUT2D eigenvalue weighted by Crippen LogP contribution is -2.52. The van der Waals surface area contributed by atoms with Crippen LogP contribution in [0.25, 0.3) is 16.6 Å². The van der Waals surface area contributed by atoms with Crippen molar-refractivity contribution in [2.45, 2.75) is 39.3 Å². The summed E-state index contributed by atoms with van der Waals surface area (Å²) in [5.41, 5.74) is 5.22. The molecule has 168 valence electrons. The number of benzene rings is 1. The molecule has 2 atom stereocenters. The number of carbonyl (C=O) groups is 1. The molecule has 0 saturated carbocycles. The van der Waals surface area contributed by atoms with Gasteiger partial charge in [0.15, 0.2) is 0 Å². The third-order valence-corrected chi connectivity index (χ3v) is 6.69. The number of ether oxygens (including phenoxy) is 1. The minimum atomic E-state index is -0.413. The van der Waals surface area contributed by atoms with Gasteiger partial charge in [-0.1, -0.05) is 6.07 Å². The standard InChI is InChI=1S/C25H29FN4O2/c1-15-9-27-12-24-22(8-20(30(15)24)6-18-10-28-11-18)21-5-4-19(26)7-23(21)25(31)29-16(2)13-32-14-17(29)3/h4-5,7-9,12,16-18,28H,6,10-11,13-14H2,1-3H3/t16-,17-/m1/s1. The molecule has 0 aliphatic carbocycles. The predicted molar refractivity (Wildman–Crippen MR) is 121 cm³/mol. The first-order chi connectivity index (χ1) is 15.4. The lowest BCUT2D eigenvalue weighted by Gasteiger charge is -2.39. The Morgan fingerprint density at radius 3 is 2.59 bits per heavy atom. The summed E-state index contributed by atoms with van der Waals surface area (Å²) in [4.78, 5) is 19.9. The normalized spacial score (nSPS) is 21.7. The van der Waals surface area contributed by atoms with Gasteiger partial charge in [-0.3, -0.25) is 9.78 Å². The Morgan fingerprint density at radius 2 is 1.91 bits per heavy atom. The first kappa shape index (κ1) is 21.1. The first-order valence-corrected chi connectivity index (χ1v) is 11.3. The van der Waals surface area contributed by atoms with Crippen LogP contribution in [0.2, 0.25) is 0 Å². The van der Waals surface area contributed by atoms with E-state index in [2.05, 4.69) is 20.8 Å². The van der Waals surface area contributed by atoms with Gasteiger partial charge in [-0.25, -0.2) is 4.39 Å². The summed E-state index contributed by atoms with van der Waals surface area (Å²) in [6.45, 7) is 8.98. The molecule has 2 fully saturated rings. The number of morpholine rings is 1. The van der Waals surface area contributed by atoms with E-state index in [1.807, 2.05) is 38.1 Å². The van der Waals surface area contributed by atoms with Crippen molar-refractivity contribution in [2.75, 3.05) is 26.3 Å². The molecule has 7 heteroatoms. The highest BCUT2D eigenvalue weighted by Gasteiger charge is 2.32. The van der Waals surface area contributed by atoms with E-state index in [-0.39, 0.29) is 18.0 Å². The number of aryl methyl sites for hydroxylation is 1. The second-order valence-corrected chi connectivity index (χ2v) is 9.18. The van der Waals surface area contributed by atoms with Crippen LogP contribution in [0.3, 0.4) is 0 Å². The molecular formula is C25H29FN4O2. The zero-order valence-corrected chi connectivity index (χ0v) is 18.8. The fourth-order valence-corrected chi connectivity index (χ4v) is 5.02. The van der Waals surface area contributed by atoms with Gasteiger partial charge < -0.3 is 19.4 Å². The molecule has 4 heterocycles. The number of nitrogens with zero attached hydrogens (tertiary/aromatic N) is 3. The molecule has 2 aromatic heterocycles. The molecule has 32 heavy (non-hydrogen) atoms. The lowest BCUT2D eigenvalue weighted by atomic mass is 9.95. The molecule has 5 rings (SSSR count). The highest BCUT2D eigenvalue weighted by atomic mass is 19.1. The fourth-order valence-electron chi connectivity index (χ4n) is 5.02. The van der Waals surface area contributed by atoms with Gasteiger partial charge in [0, 0.05) is 23.1 Å². The van der Waals surface area contributed by atoms with Crippen LogP contribution < -0.4 is 5.32 Å². The lowest BCUT2D eigenvalue weighted by molar-refractivity contribution is -0.0249. The zero-order chi connectivity index (χ0) is 22.4. The average Bonchev–Trinajstić information content (AvgIpc) is 3.10. The molecule has 2 aliphatic heterocycles. The van der Waals surface area contributed by atoms with Gasteiger partial charge in [0.05, 0.1) is 42.6 Å². The molecule has 3 aromatic rings. The summed E-state index contributed by atoms with van der Waals surface area (Å²) in [5.74, 6) is 0.0228. The topological polar surface area (TPSA) is 58.9 Å². The third kappa shape index (κ3) is 3.59. The minimum Gasteiger partial charge on any atom is -0.377 e. The summed E-state index contributed by atoms with van der Waals surface area (Å²) in [7, 11) is 0. The number of halogens is 1. The van der Waals surface area contributed by atoms with Crippen molar-refractivity contribution in [2.24, 2.45) is 5.92 Å². The Balaban J connectivity index is 1.64. The molecule has 2 saturated heterocycles. The van der Waals surface area contributed by atoms with Gasteiger partial charge >= 0.3 is 0 Å². The first-order valence-electron chi connectivity index (χ1n) is 11.3. The van der Waals surface area contributed by atoms with Crippen LogP contribution in [-0.4, -0.2) is 58.6 Å². The fraction of sp³-hybridized carbons (Fsp3) is 0.440. The van der Waals surface area contributed by atoms with E-state index < -0.39 is 5.82 Å². The zero-order valence-electron chi connectivity index (χ0n) is 18.8. The molecule has 2 aliphatic rings. The van der Waals surface area contributed by atoms with Crippen molar-refractivity contribution in [3.8, 4) is 11.1 Å². The quantitative estimate of drug-likeness (QED) is 0.681. The van der Waals surface area contributed by atoms with Crippen molar-refractivity contribution >= 4 is 11.4 Å². The van der Waals surface area contributed by atoms with Crippen molar-refractivity contribution in [1.82, 2.24) is 19.6 Å². The number of hydrogen-bond acceptors (Lipinski definition) is 4. The Morgan fingerprint density at radius 1 is 1.16 bits per heavy atom. The van der Waals surface area contributed by atoms with Gasteiger partial charge in [-0.15, -0.1) is 0 Å². The second kappa shape index (κ2) is 8.30. The van der Waals surface area contributed by atoms with Crippen LogP contribution in [0.15, 0.2) is 36.7 Å². The Hall–Kier alpha value is -2.77. The molecule has 0 bridgehead atoms. The molecule has 0 radical (unpaired) electrons. The van der Waals surface area contributed by atoms with Crippen LogP contribution >= 0.6 is 0 Å².